The maximum atomic E-state index is 13.4. The Morgan fingerprint density at radius 1 is 1.11 bits per heavy atom. The van der Waals surface area contributed by atoms with E-state index in [2.05, 4.69) is 0 Å². The van der Waals surface area contributed by atoms with Gasteiger partial charge in [-0.05, 0) is 36.4 Å². The van der Waals surface area contributed by atoms with E-state index in [0.29, 0.717) is 22.0 Å². The lowest BCUT2D eigenvalue weighted by Gasteiger charge is -2.06. The average molecular weight is 286 g/mol. The molecule has 0 unspecified atom stereocenters. The largest absolute Gasteiger partial charge is 0.399 e. The second-order valence-corrected chi connectivity index (χ2v) is 5.14. The Bertz CT molecular complexity index is 523. The van der Waals surface area contributed by atoms with Crippen molar-refractivity contribution in [1.82, 2.24) is 0 Å². The lowest BCUT2D eigenvalue weighted by atomic mass is 10.2. The lowest BCUT2D eigenvalue weighted by molar-refractivity contribution is 0.591. The van der Waals surface area contributed by atoms with Gasteiger partial charge in [0, 0.05) is 21.9 Å². The summed E-state index contributed by atoms with van der Waals surface area (Å²) in [6.07, 6.45) is 0. The predicted octanol–water partition coefficient (Wildman–Crippen LogP) is 4.49. The zero-order valence-electron chi connectivity index (χ0n) is 9.29. The molecule has 1 nitrogen and oxygen atoms in total. The minimum absolute atomic E-state index is 0.298. The minimum atomic E-state index is -0.453. The van der Waals surface area contributed by atoms with Crippen molar-refractivity contribution in [3.63, 3.8) is 0 Å². The quantitative estimate of drug-likeness (QED) is 0.664. The number of rotatable bonds is 3. The van der Waals surface area contributed by atoms with Gasteiger partial charge in [-0.2, -0.15) is 0 Å². The van der Waals surface area contributed by atoms with E-state index in [4.69, 9.17) is 17.3 Å². The zero-order chi connectivity index (χ0) is 13.1. The molecule has 0 bridgehead atoms. The third-order valence-electron chi connectivity index (χ3n) is 2.35. The molecule has 0 aromatic heterocycles. The number of hydrogen-bond acceptors (Lipinski definition) is 2. The van der Waals surface area contributed by atoms with Gasteiger partial charge in [-0.15, -0.1) is 11.8 Å². The van der Waals surface area contributed by atoms with E-state index in [9.17, 15) is 8.78 Å². The van der Waals surface area contributed by atoms with Crippen LogP contribution >= 0.6 is 23.4 Å². The molecular formula is C13H10ClF2NS. The Labute approximate surface area is 113 Å². The van der Waals surface area contributed by atoms with Crippen LogP contribution in [0.25, 0.3) is 0 Å². The van der Waals surface area contributed by atoms with Gasteiger partial charge in [-0.3, -0.25) is 0 Å². The molecule has 5 heteroatoms. The van der Waals surface area contributed by atoms with Crippen LogP contribution in [0.15, 0.2) is 41.3 Å². The summed E-state index contributed by atoms with van der Waals surface area (Å²) in [5.41, 5.74) is 6.53. The second-order valence-electron chi connectivity index (χ2n) is 3.71. The van der Waals surface area contributed by atoms with Crippen molar-refractivity contribution in [2.24, 2.45) is 0 Å². The Balaban J connectivity index is 2.16. The number of hydrogen-bond donors (Lipinski definition) is 1. The van der Waals surface area contributed by atoms with Gasteiger partial charge < -0.3 is 5.73 Å². The topological polar surface area (TPSA) is 26.0 Å². The molecule has 94 valence electrons. The van der Waals surface area contributed by atoms with Crippen LogP contribution in [0.3, 0.4) is 0 Å². The Morgan fingerprint density at radius 3 is 2.67 bits per heavy atom. The first-order valence-corrected chi connectivity index (χ1v) is 6.54. The SMILES string of the molecule is Nc1ccc(Cl)c(SCc2cc(F)ccc2F)c1. The molecule has 0 heterocycles. The third-order valence-corrected chi connectivity index (χ3v) is 3.89. The Hall–Kier alpha value is -1.26. The summed E-state index contributed by atoms with van der Waals surface area (Å²) in [4.78, 5) is 0.750. The van der Waals surface area contributed by atoms with Crippen LogP contribution in [0, 0.1) is 11.6 Å². The van der Waals surface area contributed by atoms with Crippen LogP contribution in [-0.4, -0.2) is 0 Å². The molecule has 0 aliphatic rings. The van der Waals surface area contributed by atoms with Crippen molar-refractivity contribution < 1.29 is 8.78 Å². The number of benzene rings is 2. The fourth-order valence-corrected chi connectivity index (χ4v) is 2.68. The summed E-state index contributed by atoms with van der Waals surface area (Å²) in [5, 5.41) is 0.547. The average Bonchev–Trinajstić information content (AvgIpc) is 2.34. The molecule has 18 heavy (non-hydrogen) atoms. The van der Waals surface area contributed by atoms with Crippen molar-refractivity contribution in [1.29, 1.82) is 0 Å². The maximum absolute atomic E-state index is 13.4. The molecule has 0 spiro atoms. The van der Waals surface area contributed by atoms with Gasteiger partial charge in [0.05, 0.1) is 5.02 Å². The molecular weight excluding hydrogens is 276 g/mol. The van der Waals surface area contributed by atoms with Gasteiger partial charge in [0.1, 0.15) is 11.6 Å². The van der Waals surface area contributed by atoms with Gasteiger partial charge in [-0.1, -0.05) is 11.6 Å². The van der Waals surface area contributed by atoms with E-state index >= 15 is 0 Å². The van der Waals surface area contributed by atoms with Crippen LogP contribution in [0.1, 0.15) is 5.56 Å². The van der Waals surface area contributed by atoms with Crippen molar-refractivity contribution in [3.8, 4) is 0 Å². The first-order chi connectivity index (χ1) is 8.56. The maximum Gasteiger partial charge on any atom is 0.127 e. The molecule has 2 rings (SSSR count). The normalized spacial score (nSPS) is 10.6. The number of nitrogens with two attached hydrogens (primary N) is 1. The van der Waals surface area contributed by atoms with Crippen LogP contribution in [0.5, 0.6) is 0 Å². The van der Waals surface area contributed by atoms with Crippen LogP contribution in [-0.2, 0) is 5.75 Å². The third kappa shape index (κ3) is 3.15. The van der Waals surface area contributed by atoms with Gasteiger partial charge in [0.25, 0.3) is 0 Å². The molecule has 0 amide bonds. The fraction of sp³-hybridized carbons (Fsp3) is 0.0769. The smallest absolute Gasteiger partial charge is 0.127 e. The van der Waals surface area contributed by atoms with Crippen molar-refractivity contribution in [3.05, 3.63) is 58.6 Å². The zero-order valence-corrected chi connectivity index (χ0v) is 10.9. The highest BCUT2D eigenvalue weighted by molar-refractivity contribution is 7.98. The molecule has 0 saturated carbocycles. The predicted molar refractivity (Wildman–Crippen MR) is 71.8 cm³/mol. The van der Waals surface area contributed by atoms with Crippen molar-refractivity contribution in [2.45, 2.75) is 10.6 Å². The minimum Gasteiger partial charge on any atom is -0.399 e. The van der Waals surface area contributed by atoms with Gasteiger partial charge in [0.2, 0.25) is 0 Å². The Morgan fingerprint density at radius 2 is 1.89 bits per heavy atom. The van der Waals surface area contributed by atoms with Crippen molar-refractivity contribution >= 4 is 29.1 Å². The molecule has 2 aromatic rings. The van der Waals surface area contributed by atoms with Gasteiger partial charge >= 0.3 is 0 Å². The molecule has 2 aromatic carbocycles. The summed E-state index contributed by atoms with van der Waals surface area (Å²) in [7, 11) is 0. The summed E-state index contributed by atoms with van der Waals surface area (Å²) >= 11 is 7.31. The van der Waals surface area contributed by atoms with E-state index in [1.807, 2.05) is 0 Å². The highest BCUT2D eigenvalue weighted by Crippen LogP contribution is 2.32. The molecule has 0 atom stereocenters. The number of anilines is 1. The number of thioether (sulfide) groups is 1. The van der Waals surface area contributed by atoms with E-state index in [1.54, 1.807) is 18.2 Å². The second kappa shape index (κ2) is 5.59. The van der Waals surface area contributed by atoms with E-state index in [1.165, 1.54) is 17.8 Å². The van der Waals surface area contributed by atoms with Crippen LogP contribution < -0.4 is 5.73 Å². The first kappa shape index (κ1) is 13.2. The highest BCUT2D eigenvalue weighted by atomic mass is 35.5. The summed E-state index contributed by atoms with van der Waals surface area (Å²) in [5.74, 6) is -0.582. The van der Waals surface area contributed by atoms with E-state index in [0.717, 1.165) is 17.0 Å². The van der Waals surface area contributed by atoms with Crippen LogP contribution in [0.2, 0.25) is 5.02 Å². The first-order valence-electron chi connectivity index (χ1n) is 5.18. The highest BCUT2D eigenvalue weighted by Gasteiger charge is 2.07. The number of halogens is 3. The van der Waals surface area contributed by atoms with Gasteiger partial charge in [-0.25, -0.2) is 8.78 Å². The van der Waals surface area contributed by atoms with E-state index < -0.39 is 11.6 Å². The van der Waals surface area contributed by atoms with Gasteiger partial charge in [0.15, 0.2) is 0 Å². The summed E-state index contributed by atoms with van der Waals surface area (Å²) < 4.78 is 26.4. The Kier molecular flexibility index (Phi) is 4.09. The standard InChI is InChI=1S/C13H10ClF2NS/c14-11-3-2-10(17)6-13(11)18-7-8-5-9(15)1-4-12(8)16/h1-6H,7,17H2. The molecule has 0 radical (unpaired) electrons. The molecule has 0 fully saturated rings. The van der Waals surface area contributed by atoms with Crippen LogP contribution in [0.4, 0.5) is 14.5 Å². The molecule has 0 aliphatic carbocycles. The summed E-state index contributed by atoms with van der Waals surface area (Å²) in [6.45, 7) is 0. The molecule has 0 aliphatic heterocycles. The van der Waals surface area contributed by atoms with E-state index in [-0.39, 0.29) is 0 Å². The fourth-order valence-electron chi connectivity index (χ4n) is 1.44. The lowest BCUT2D eigenvalue weighted by Crippen LogP contribution is -1.90. The molecule has 0 saturated heterocycles. The summed E-state index contributed by atoms with van der Waals surface area (Å²) in [6, 6.07) is 8.48. The van der Waals surface area contributed by atoms with Crippen molar-refractivity contribution in [2.75, 3.05) is 5.73 Å². The number of nitrogen functional groups attached to an aromatic ring is 1. The monoisotopic (exact) mass is 285 g/mol. The molecule has 2 N–H and O–H groups in total.